The van der Waals surface area contributed by atoms with Gasteiger partial charge in [0, 0.05) is 5.97 Å². The van der Waals surface area contributed by atoms with Crippen molar-refractivity contribution in [2.45, 2.75) is 101 Å². The Bertz CT molecular complexity index is 1000. The highest BCUT2D eigenvalue weighted by Crippen LogP contribution is 2.35. The lowest BCUT2D eigenvalue weighted by atomic mass is 10.2. The van der Waals surface area contributed by atoms with Gasteiger partial charge in [0.1, 0.15) is 34.1 Å². The van der Waals surface area contributed by atoms with Gasteiger partial charge in [-0.3, -0.25) is 0 Å². The largest absolute Gasteiger partial charge is 0.550 e. The maximum Gasteiger partial charge on any atom is 0.166 e. The molecule has 0 aromatic heterocycles. The fraction of sp³-hybridized carbons (Fsp3) is 0.406. The van der Waals surface area contributed by atoms with E-state index in [-0.39, 0.29) is 27.7 Å². The molecule has 0 radical (unpaired) electrons. The van der Waals surface area contributed by atoms with Crippen LogP contribution in [0.3, 0.4) is 0 Å². The molecule has 0 spiro atoms. The third-order valence-electron chi connectivity index (χ3n) is 4.45. The van der Waals surface area contributed by atoms with E-state index < -0.39 is 5.97 Å². The van der Waals surface area contributed by atoms with Crippen LogP contribution in [-0.4, -0.2) is 22.8 Å². The van der Waals surface area contributed by atoms with Crippen molar-refractivity contribution in [2.75, 3.05) is 0 Å². The molecule has 0 aliphatic carbocycles. The minimum absolute atomic E-state index is 0.227. The van der Waals surface area contributed by atoms with Crippen LogP contribution < -0.4 is 19.3 Å². The molecule has 0 saturated heterocycles. The number of hydrogen-bond donors (Lipinski definition) is 0. The first-order chi connectivity index (χ1) is 17.4. The molecule has 3 aromatic rings. The first-order valence-electron chi connectivity index (χ1n) is 12.7. The summed E-state index contributed by atoms with van der Waals surface area (Å²) >= 11 is 0. The topological polar surface area (TPSA) is 67.8 Å². The van der Waals surface area contributed by atoms with Crippen LogP contribution in [0.1, 0.15) is 69.2 Å². The molecule has 0 unspecified atom stereocenters. The van der Waals surface area contributed by atoms with E-state index in [1.54, 1.807) is 0 Å². The molecule has 0 bridgehead atoms. The molecule has 3 rings (SSSR count). The number of carbonyl (C=O) groups excluding carboxylic acids is 1. The fourth-order valence-electron chi connectivity index (χ4n) is 3.40. The second-order valence-corrected chi connectivity index (χ2v) is 13.9. The molecule has 0 atom stereocenters. The van der Waals surface area contributed by atoms with Gasteiger partial charge in [0.2, 0.25) is 0 Å². The highest BCUT2D eigenvalue weighted by Gasteiger charge is 2.29. The fourth-order valence-corrected chi connectivity index (χ4v) is 5.44. The van der Waals surface area contributed by atoms with Crippen LogP contribution in [0.2, 0.25) is 0 Å². The van der Waals surface area contributed by atoms with Crippen LogP contribution in [0, 0.1) is 0 Å². The summed E-state index contributed by atoms with van der Waals surface area (Å²) in [5.41, 5.74) is -0.682. The summed E-state index contributed by atoms with van der Waals surface area (Å²) < 4.78 is 18.1. The zero-order chi connectivity index (χ0) is 28.7. The van der Waals surface area contributed by atoms with E-state index in [0.717, 1.165) is 24.2 Å². The molecule has 0 saturated carbocycles. The molecular weight excluding hydrogens is 496 g/mol. The molecule has 0 fully saturated rings. The van der Waals surface area contributed by atoms with E-state index in [2.05, 4.69) is 135 Å². The van der Waals surface area contributed by atoms with E-state index >= 15 is 0 Å². The van der Waals surface area contributed by atoms with Crippen molar-refractivity contribution in [3.8, 4) is 17.2 Å². The Labute approximate surface area is 231 Å². The molecule has 0 amide bonds. The first kappa shape index (κ1) is 31.1. The predicted octanol–water partition coefficient (Wildman–Crippen LogP) is 7.07. The minimum atomic E-state index is -1.08. The van der Waals surface area contributed by atoms with Gasteiger partial charge in [0.05, 0.1) is 10.9 Å². The van der Waals surface area contributed by atoms with Crippen LogP contribution in [0.5, 0.6) is 17.2 Å². The third kappa shape index (κ3) is 11.5. The van der Waals surface area contributed by atoms with Gasteiger partial charge in [0.15, 0.2) is 14.7 Å². The quantitative estimate of drug-likeness (QED) is 0.314. The number of benzene rings is 3. The number of ether oxygens (including phenoxy) is 3. The summed E-state index contributed by atoms with van der Waals surface area (Å²) in [6.45, 7) is 19.5. The molecule has 0 aliphatic rings. The predicted molar refractivity (Wildman–Crippen MR) is 153 cm³/mol. The zero-order valence-electron chi connectivity index (χ0n) is 24.4. The molecule has 0 aliphatic heterocycles. The summed E-state index contributed by atoms with van der Waals surface area (Å²) in [5, 5.41) is 8.89. The molecule has 206 valence electrons. The van der Waals surface area contributed by atoms with Crippen LogP contribution in [0.15, 0.2) is 87.5 Å². The van der Waals surface area contributed by atoms with Crippen molar-refractivity contribution in [3.05, 3.63) is 72.8 Å². The van der Waals surface area contributed by atoms with Crippen molar-refractivity contribution >= 4 is 16.9 Å². The lowest BCUT2D eigenvalue weighted by Crippen LogP contribution is -2.23. The number of carboxylic acid groups (broad SMARTS) is 1. The Balaban J connectivity index is 0.00000118. The highest BCUT2D eigenvalue weighted by atomic mass is 32.2. The van der Waals surface area contributed by atoms with Gasteiger partial charge in [-0.1, -0.05) is 0 Å². The molecule has 5 nitrogen and oxygen atoms in total. The average molecular weight is 539 g/mol. The molecule has 38 heavy (non-hydrogen) atoms. The number of rotatable bonds is 6. The van der Waals surface area contributed by atoms with E-state index in [1.807, 2.05) is 0 Å². The Hall–Kier alpha value is -3.12. The Kier molecular flexibility index (Phi) is 10.3. The lowest BCUT2D eigenvalue weighted by molar-refractivity contribution is -0.302. The van der Waals surface area contributed by atoms with Gasteiger partial charge in [-0.2, -0.15) is 0 Å². The van der Waals surface area contributed by atoms with Crippen LogP contribution in [0.4, 0.5) is 0 Å². The van der Waals surface area contributed by atoms with Crippen molar-refractivity contribution in [3.63, 3.8) is 0 Å². The molecule has 0 N–H and O–H groups in total. The molecule has 0 heterocycles. The van der Waals surface area contributed by atoms with Crippen LogP contribution in [-0.2, 0) is 15.7 Å². The van der Waals surface area contributed by atoms with Gasteiger partial charge < -0.3 is 24.1 Å². The Morgan fingerprint density at radius 3 is 0.868 bits per heavy atom. The molecular formula is C32H42O5S. The first-order valence-corrected chi connectivity index (χ1v) is 13.9. The standard InChI is InChI=1S/C30H39O3S.C2H4O2/c1-28(2,3)31-22-10-16-25(17-11-22)34(26-18-12-23(13-19-26)32-29(4,5)6)27-20-14-24(15-21-27)33-30(7,8)9;1-2(3)4/h10-21H,1-9H3;1H3,(H,3,4)/q+1;/p-1. The van der Waals surface area contributed by atoms with Crippen LogP contribution >= 0.6 is 0 Å². The Morgan fingerprint density at radius 1 is 0.526 bits per heavy atom. The van der Waals surface area contributed by atoms with E-state index in [9.17, 15) is 0 Å². The van der Waals surface area contributed by atoms with Gasteiger partial charge in [-0.05, 0) is 142 Å². The van der Waals surface area contributed by atoms with Gasteiger partial charge >= 0.3 is 0 Å². The SMILES string of the molecule is CC(=O)[O-].CC(C)(C)Oc1ccc([S+](c2ccc(OC(C)(C)C)cc2)c2ccc(OC(C)(C)C)cc2)cc1. The van der Waals surface area contributed by atoms with E-state index in [1.165, 1.54) is 14.7 Å². The summed E-state index contributed by atoms with van der Waals surface area (Å²) in [4.78, 5) is 12.6. The maximum absolute atomic E-state index is 8.89. The second kappa shape index (κ2) is 12.6. The minimum Gasteiger partial charge on any atom is -0.550 e. The van der Waals surface area contributed by atoms with Gasteiger partial charge in [0.25, 0.3) is 0 Å². The van der Waals surface area contributed by atoms with Crippen LogP contribution in [0.25, 0.3) is 0 Å². The zero-order valence-corrected chi connectivity index (χ0v) is 25.2. The average Bonchev–Trinajstić information content (AvgIpc) is 2.74. The summed E-state index contributed by atoms with van der Waals surface area (Å²) in [5.74, 6) is 1.55. The summed E-state index contributed by atoms with van der Waals surface area (Å²) in [7, 11) is -0.276. The van der Waals surface area contributed by atoms with E-state index in [4.69, 9.17) is 24.1 Å². The van der Waals surface area contributed by atoms with Crippen molar-refractivity contribution < 1.29 is 24.1 Å². The lowest BCUT2D eigenvalue weighted by Gasteiger charge is -2.22. The second-order valence-electron chi connectivity index (χ2n) is 11.9. The number of aliphatic carboxylic acids is 1. The van der Waals surface area contributed by atoms with Gasteiger partial charge in [-0.25, -0.2) is 0 Å². The van der Waals surface area contributed by atoms with Crippen molar-refractivity contribution in [2.24, 2.45) is 0 Å². The number of hydrogen-bond acceptors (Lipinski definition) is 5. The molecule has 6 heteroatoms. The van der Waals surface area contributed by atoms with Crippen molar-refractivity contribution in [1.29, 1.82) is 0 Å². The van der Waals surface area contributed by atoms with Crippen molar-refractivity contribution in [1.82, 2.24) is 0 Å². The summed E-state index contributed by atoms with van der Waals surface area (Å²) in [6.07, 6.45) is 0. The monoisotopic (exact) mass is 538 g/mol. The number of carbonyl (C=O) groups is 1. The third-order valence-corrected chi connectivity index (χ3v) is 6.68. The Morgan fingerprint density at radius 2 is 0.711 bits per heavy atom. The maximum atomic E-state index is 8.89. The van der Waals surface area contributed by atoms with Gasteiger partial charge in [-0.15, -0.1) is 0 Å². The molecule has 3 aromatic carbocycles. The smallest absolute Gasteiger partial charge is 0.166 e. The van der Waals surface area contributed by atoms with E-state index in [0.29, 0.717) is 0 Å². The normalized spacial score (nSPS) is 11.9. The highest BCUT2D eigenvalue weighted by molar-refractivity contribution is 7.97. The summed E-state index contributed by atoms with van der Waals surface area (Å²) in [6, 6.07) is 25.4. The number of carboxylic acids is 1.